The van der Waals surface area contributed by atoms with Crippen LogP contribution in [0.4, 0.5) is 0 Å². The third kappa shape index (κ3) is 4.53. The van der Waals surface area contributed by atoms with Gasteiger partial charge in [-0.3, -0.25) is 4.90 Å². The van der Waals surface area contributed by atoms with Crippen LogP contribution in [0.3, 0.4) is 0 Å². The molecule has 0 saturated heterocycles. The Kier molecular flexibility index (Phi) is 6.68. The summed E-state index contributed by atoms with van der Waals surface area (Å²) >= 11 is 0. The van der Waals surface area contributed by atoms with Crippen LogP contribution >= 0.6 is 0 Å². The molecular weight excluding hydrogens is 260 g/mol. The van der Waals surface area contributed by atoms with E-state index in [0.717, 1.165) is 0 Å². The van der Waals surface area contributed by atoms with Crippen molar-refractivity contribution in [1.82, 2.24) is 4.90 Å². The van der Waals surface area contributed by atoms with E-state index in [9.17, 15) is 0 Å². The fourth-order valence-electron chi connectivity index (χ4n) is 3.51. The van der Waals surface area contributed by atoms with Crippen molar-refractivity contribution < 1.29 is 4.74 Å². The molecule has 0 bridgehead atoms. The van der Waals surface area contributed by atoms with Crippen LogP contribution in [0.25, 0.3) is 0 Å². The van der Waals surface area contributed by atoms with Crippen LogP contribution in [0.1, 0.15) is 55.7 Å². The summed E-state index contributed by atoms with van der Waals surface area (Å²) < 4.78 is 5.24. The summed E-state index contributed by atoms with van der Waals surface area (Å²) in [6.07, 6.45) is 8.11. The zero-order valence-corrected chi connectivity index (χ0v) is 13.6. The second-order valence-corrected chi connectivity index (χ2v) is 6.24. The SMILES string of the molecule is COCc1cccc(C(CN)N(C)C2CCCCCC2)c1. The first-order chi connectivity index (χ1) is 10.3. The standard InChI is InChI=1S/C18H30N2O/c1-20(17-10-5-3-4-6-11-17)18(13-19)16-9-7-8-15(12-16)14-21-2/h7-9,12,17-18H,3-6,10-11,13-14,19H2,1-2H3. The molecule has 21 heavy (non-hydrogen) atoms. The van der Waals surface area contributed by atoms with Gasteiger partial charge in [0.1, 0.15) is 0 Å². The summed E-state index contributed by atoms with van der Waals surface area (Å²) in [4.78, 5) is 2.51. The topological polar surface area (TPSA) is 38.5 Å². The van der Waals surface area contributed by atoms with E-state index >= 15 is 0 Å². The largest absolute Gasteiger partial charge is 0.380 e. The van der Waals surface area contributed by atoms with E-state index in [0.29, 0.717) is 25.2 Å². The van der Waals surface area contributed by atoms with Gasteiger partial charge in [-0.1, -0.05) is 49.9 Å². The lowest BCUT2D eigenvalue weighted by molar-refractivity contribution is 0.160. The highest BCUT2D eigenvalue weighted by atomic mass is 16.5. The maximum Gasteiger partial charge on any atom is 0.0713 e. The Labute approximate surface area is 129 Å². The van der Waals surface area contributed by atoms with E-state index in [1.165, 1.54) is 49.7 Å². The van der Waals surface area contributed by atoms with Gasteiger partial charge in [0.25, 0.3) is 0 Å². The minimum atomic E-state index is 0.310. The Bertz CT molecular complexity index is 413. The number of nitrogens with two attached hydrogens (primary N) is 1. The first-order valence-corrected chi connectivity index (χ1v) is 8.26. The lowest BCUT2D eigenvalue weighted by Crippen LogP contribution is -2.38. The minimum Gasteiger partial charge on any atom is -0.380 e. The average Bonchev–Trinajstić information content (AvgIpc) is 2.78. The molecule has 1 aliphatic rings. The fraction of sp³-hybridized carbons (Fsp3) is 0.667. The Morgan fingerprint density at radius 3 is 2.57 bits per heavy atom. The molecule has 3 nitrogen and oxygen atoms in total. The highest BCUT2D eigenvalue weighted by molar-refractivity contribution is 5.26. The van der Waals surface area contributed by atoms with Gasteiger partial charge in [-0.25, -0.2) is 0 Å². The summed E-state index contributed by atoms with van der Waals surface area (Å²) in [5.74, 6) is 0. The third-order valence-electron chi connectivity index (χ3n) is 4.76. The first-order valence-electron chi connectivity index (χ1n) is 8.26. The van der Waals surface area contributed by atoms with Crippen molar-refractivity contribution in [3.05, 3.63) is 35.4 Å². The third-order valence-corrected chi connectivity index (χ3v) is 4.76. The number of likely N-dealkylation sites (N-methyl/N-ethyl adjacent to an activating group) is 1. The molecule has 0 aliphatic heterocycles. The average molecular weight is 290 g/mol. The molecule has 1 aromatic rings. The molecule has 1 aromatic carbocycles. The molecule has 0 amide bonds. The molecule has 0 radical (unpaired) electrons. The van der Waals surface area contributed by atoms with Gasteiger partial charge in [0.05, 0.1) is 6.61 Å². The molecule has 1 fully saturated rings. The molecule has 1 saturated carbocycles. The quantitative estimate of drug-likeness (QED) is 0.815. The van der Waals surface area contributed by atoms with Crippen LogP contribution in [0.2, 0.25) is 0 Å². The number of benzene rings is 1. The minimum absolute atomic E-state index is 0.310. The smallest absolute Gasteiger partial charge is 0.0713 e. The van der Waals surface area contributed by atoms with E-state index < -0.39 is 0 Å². The predicted octanol–water partition coefficient (Wildman–Crippen LogP) is 3.49. The van der Waals surface area contributed by atoms with E-state index in [-0.39, 0.29) is 0 Å². The zero-order chi connectivity index (χ0) is 15.1. The van der Waals surface area contributed by atoms with Gasteiger partial charge in [0.2, 0.25) is 0 Å². The summed E-state index contributed by atoms with van der Waals surface area (Å²) in [6, 6.07) is 9.66. The Hall–Kier alpha value is -0.900. The van der Waals surface area contributed by atoms with Gasteiger partial charge < -0.3 is 10.5 Å². The summed E-state index contributed by atoms with van der Waals surface area (Å²) in [5, 5.41) is 0. The van der Waals surface area contributed by atoms with Crippen LogP contribution in [0.15, 0.2) is 24.3 Å². The first kappa shape index (κ1) is 16.5. The molecule has 1 atom stereocenters. The van der Waals surface area contributed by atoms with Gasteiger partial charge in [0, 0.05) is 25.7 Å². The Morgan fingerprint density at radius 1 is 1.24 bits per heavy atom. The van der Waals surface area contributed by atoms with Gasteiger partial charge >= 0.3 is 0 Å². The second kappa shape index (κ2) is 8.52. The number of methoxy groups -OCH3 is 1. The second-order valence-electron chi connectivity index (χ2n) is 6.24. The van der Waals surface area contributed by atoms with Crippen LogP contribution in [0, 0.1) is 0 Å². The van der Waals surface area contributed by atoms with E-state index in [1.807, 2.05) is 0 Å². The van der Waals surface area contributed by atoms with E-state index in [4.69, 9.17) is 10.5 Å². The molecule has 0 aromatic heterocycles. The molecule has 0 spiro atoms. The van der Waals surface area contributed by atoms with Crippen LogP contribution in [0.5, 0.6) is 0 Å². The normalized spacial score (nSPS) is 18.7. The number of hydrogen-bond acceptors (Lipinski definition) is 3. The van der Waals surface area contributed by atoms with E-state index in [2.05, 4.69) is 36.2 Å². The Morgan fingerprint density at radius 2 is 1.95 bits per heavy atom. The Balaban J connectivity index is 2.11. The highest BCUT2D eigenvalue weighted by Gasteiger charge is 2.24. The fourth-order valence-corrected chi connectivity index (χ4v) is 3.51. The number of rotatable bonds is 6. The summed E-state index contributed by atoms with van der Waals surface area (Å²) in [6.45, 7) is 1.34. The van der Waals surface area contributed by atoms with Gasteiger partial charge in [0.15, 0.2) is 0 Å². The lowest BCUT2D eigenvalue weighted by Gasteiger charge is -2.34. The number of ether oxygens (including phenoxy) is 1. The molecule has 1 unspecified atom stereocenters. The molecular formula is C18H30N2O. The van der Waals surface area contributed by atoms with Crippen molar-refractivity contribution in [1.29, 1.82) is 0 Å². The number of hydrogen-bond donors (Lipinski definition) is 1. The maximum absolute atomic E-state index is 6.10. The van der Waals surface area contributed by atoms with Gasteiger partial charge in [-0.05, 0) is 31.0 Å². The molecule has 2 rings (SSSR count). The lowest BCUT2D eigenvalue weighted by atomic mass is 9.99. The predicted molar refractivity (Wildman–Crippen MR) is 88.2 cm³/mol. The summed E-state index contributed by atoms with van der Waals surface area (Å²) in [5.41, 5.74) is 8.65. The monoisotopic (exact) mass is 290 g/mol. The molecule has 1 aliphatic carbocycles. The van der Waals surface area contributed by atoms with Crippen molar-refractivity contribution in [3.8, 4) is 0 Å². The van der Waals surface area contributed by atoms with Gasteiger partial charge in [-0.2, -0.15) is 0 Å². The maximum atomic E-state index is 6.10. The zero-order valence-electron chi connectivity index (χ0n) is 13.6. The molecule has 2 N–H and O–H groups in total. The van der Waals surface area contributed by atoms with Gasteiger partial charge in [-0.15, -0.1) is 0 Å². The molecule has 3 heteroatoms. The highest BCUT2D eigenvalue weighted by Crippen LogP contribution is 2.28. The van der Waals surface area contributed by atoms with E-state index in [1.54, 1.807) is 7.11 Å². The molecule has 118 valence electrons. The molecule has 0 heterocycles. The van der Waals surface area contributed by atoms with Crippen LogP contribution < -0.4 is 5.73 Å². The summed E-state index contributed by atoms with van der Waals surface area (Å²) in [7, 11) is 3.99. The van der Waals surface area contributed by atoms with Crippen molar-refractivity contribution >= 4 is 0 Å². The number of nitrogens with zero attached hydrogens (tertiary/aromatic N) is 1. The van der Waals surface area contributed by atoms with Crippen molar-refractivity contribution in [2.45, 2.75) is 57.2 Å². The van der Waals surface area contributed by atoms with Crippen LogP contribution in [-0.4, -0.2) is 31.6 Å². The van der Waals surface area contributed by atoms with Crippen molar-refractivity contribution in [2.24, 2.45) is 5.73 Å². The van der Waals surface area contributed by atoms with Crippen LogP contribution in [-0.2, 0) is 11.3 Å². The van der Waals surface area contributed by atoms with Crippen molar-refractivity contribution in [2.75, 3.05) is 20.7 Å². The van der Waals surface area contributed by atoms with Crippen molar-refractivity contribution in [3.63, 3.8) is 0 Å².